The number of benzene rings is 2. The Morgan fingerprint density at radius 2 is 1.05 bits per heavy atom. The highest BCUT2D eigenvalue weighted by Gasteiger charge is 2.06. The van der Waals surface area contributed by atoms with E-state index in [2.05, 4.69) is 0 Å². The van der Waals surface area contributed by atoms with Crippen molar-refractivity contribution in [3.63, 3.8) is 0 Å². The van der Waals surface area contributed by atoms with E-state index in [1.165, 1.54) is 0 Å². The lowest BCUT2D eigenvalue weighted by Crippen LogP contribution is -2.12. The number of rotatable bonds is 4. The van der Waals surface area contributed by atoms with Gasteiger partial charge in [0.1, 0.15) is 0 Å². The molecular formula is C16H14N2O2. The molecule has 20 heavy (non-hydrogen) atoms. The lowest BCUT2D eigenvalue weighted by Gasteiger charge is -2.03. The largest absolute Gasteiger partial charge is 0.366 e. The van der Waals surface area contributed by atoms with Gasteiger partial charge in [0.2, 0.25) is 11.8 Å². The predicted molar refractivity (Wildman–Crippen MR) is 78.8 cm³/mol. The van der Waals surface area contributed by atoms with Crippen molar-refractivity contribution in [2.45, 2.75) is 0 Å². The van der Waals surface area contributed by atoms with Gasteiger partial charge in [-0.1, -0.05) is 48.6 Å². The molecule has 0 unspecified atom stereocenters. The van der Waals surface area contributed by atoms with Gasteiger partial charge in [-0.3, -0.25) is 9.59 Å². The Labute approximate surface area is 116 Å². The van der Waals surface area contributed by atoms with Gasteiger partial charge in [0.05, 0.1) is 0 Å². The van der Waals surface area contributed by atoms with Crippen LogP contribution in [-0.2, 0) is 0 Å². The molecule has 2 aromatic rings. The van der Waals surface area contributed by atoms with E-state index in [0.29, 0.717) is 22.3 Å². The fraction of sp³-hybridized carbons (Fsp3) is 0. The minimum Gasteiger partial charge on any atom is -0.366 e. The van der Waals surface area contributed by atoms with Crippen LogP contribution in [0.4, 0.5) is 0 Å². The molecule has 0 aromatic heterocycles. The molecule has 2 aromatic carbocycles. The zero-order chi connectivity index (χ0) is 14.5. The summed E-state index contributed by atoms with van der Waals surface area (Å²) in [5, 5.41) is 0. The first-order valence-corrected chi connectivity index (χ1v) is 6.05. The molecule has 0 aliphatic carbocycles. The van der Waals surface area contributed by atoms with Gasteiger partial charge < -0.3 is 11.5 Å². The Kier molecular flexibility index (Phi) is 3.96. The molecule has 2 amide bonds. The third-order valence-corrected chi connectivity index (χ3v) is 2.89. The molecule has 0 fully saturated rings. The zero-order valence-corrected chi connectivity index (χ0v) is 10.7. The minimum absolute atomic E-state index is 0.431. The van der Waals surface area contributed by atoms with Crippen molar-refractivity contribution in [1.82, 2.24) is 0 Å². The van der Waals surface area contributed by atoms with E-state index in [1.54, 1.807) is 48.6 Å². The topological polar surface area (TPSA) is 86.2 Å². The number of carbonyl (C=O) groups is 2. The van der Waals surface area contributed by atoms with Crippen molar-refractivity contribution in [2.75, 3.05) is 0 Å². The molecule has 0 saturated heterocycles. The normalized spacial score (nSPS) is 10.6. The summed E-state index contributed by atoms with van der Waals surface area (Å²) in [4.78, 5) is 22.6. The number of nitrogens with two attached hydrogens (primary N) is 2. The molecule has 0 aliphatic rings. The second kappa shape index (κ2) is 5.84. The maximum Gasteiger partial charge on any atom is 0.249 e. The van der Waals surface area contributed by atoms with E-state index in [9.17, 15) is 9.59 Å². The lowest BCUT2D eigenvalue weighted by atomic mass is 10.0. The average Bonchev–Trinajstić information content (AvgIpc) is 2.45. The van der Waals surface area contributed by atoms with Crippen LogP contribution in [0.2, 0.25) is 0 Å². The van der Waals surface area contributed by atoms with Gasteiger partial charge >= 0.3 is 0 Å². The van der Waals surface area contributed by atoms with Crippen LogP contribution in [0.1, 0.15) is 31.8 Å². The monoisotopic (exact) mass is 266 g/mol. The van der Waals surface area contributed by atoms with Crippen LogP contribution in [0.25, 0.3) is 12.2 Å². The molecule has 0 atom stereocenters. The van der Waals surface area contributed by atoms with Crippen LogP contribution < -0.4 is 11.5 Å². The Morgan fingerprint density at radius 1 is 0.700 bits per heavy atom. The van der Waals surface area contributed by atoms with Crippen molar-refractivity contribution < 1.29 is 9.59 Å². The number of amides is 2. The van der Waals surface area contributed by atoms with Crippen LogP contribution in [0, 0.1) is 0 Å². The minimum atomic E-state index is -0.492. The summed E-state index contributed by atoms with van der Waals surface area (Å²) in [6.45, 7) is 0. The Balaban J connectivity index is 2.40. The van der Waals surface area contributed by atoms with E-state index in [1.807, 2.05) is 12.1 Å². The second-order valence-corrected chi connectivity index (χ2v) is 4.24. The number of hydrogen-bond donors (Lipinski definition) is 2. The lowest BCUT2D eigenvalue weighted by molar-refractivity contribution is 0.0991. The van der Waals surface area contributed by atoms with E-state index < -0.39 is 11.8 Å². The first-order chi connectivity index (χ1) is 9.59. The summed E-state index contributed by atoms with van der Waals surface area (Å²) in [7, 11) is 0. The number of primary amides is 2. The summed E-state index contributed by atoms with van der Waals surface area (Å²) in [5.74, 6) is -0.984. The molecule has 0 radical (unpaired) electrons. The Bertz CT molecular complexity index is 631. The van der Waals surface area contributed by atoms with Crippen LogP contribution in [0.5, 0.6) is 0 Å². The second-order valence-electron chi connectivity index (χ2n) is 4.24. The van der Waals surface area contributed by atoms with Crippen LogP contribution in [0.15, 0.2) is 48.5 Å². The molecule has 100 valence electrons. The fourth-order valence-electron chi connectivity index (χ4n) is 1.91. The third-order valence-electron chi connectivity index (χ3n) is 2.89. The standard InChI is InChI=1S/C16H14N2O2/c17-15(19)13-7-3-1-5-11(13)9-10-12-6-2-4-8-14(12)16(18)20/h1-10H,(H2,17,19)(H2,18,20). The van der Waals surface area contributed by atoms with Crippen LogP contribution in [0.3, 0.4) is 0 Å². The van der Waals surface area contributed by atoms with Gasteiger partial charge in [-0.25, -0.2) is 0 Å². The summed E-state index contributed by atoms with van der Waals surface area (Å²) in [6.07, 6.45) is 3.48. The molecule has 0 bridgehead atoms. The smallest absolute Gasteiger partial charge is 0.249 e. The molecule has 4 N–H and O–H groups in total. The Hall–Kier alpha value is -2.88. The molecular weight excluding hydrogens is 252 g/mol. The van der Waals surface area contributed by atoms with Crippen molar-refractivity contribution in [1.29, 1.82) is 0 Å². The van der Waals surface area contributed by atoms with E-state index >= 15 is 0 Å². The first kappa shape index (κ1) is 13.5. The molecule has 2 rings (SSSR count). The van der Waals surface area contributed by atoms with Crippen molar-refractivity contribution in [2.24, 2.45) is 11.5 Å². The van der Waals surface area contributed by atoms with Crippen LogP contribution in [-0.4, -0.2) is 11.8 Å². The van der Waals surface area contributed by atoms with Crippen molar-refractivity contribution in [3.8, 4) is 0 Å². The SMILES string of the molecule is NC(=O)c1ccccc1C=Cc1ccccc1C(N)=O. The maximum absolute atomic E-state index is 11.3. The summed E-state index contributed by atoms with van der Waals surface area (Å²) in [5.41, 5.74) is 12.9. The highest BCUT2D eigenvalue weighted by Crippen LogP contribution is 2.15. The van der Waals surface area contributed by atoms with Crippen molar-refractivity contribution in [3.05, 3.63) is 70.8 Å². The summed E-state index contributed by atoms with van der Waals surface area (Å²) in [6, 6.07) is 14.0. The predicted octanol–water partition coefficient (Wildman–Crippen LogP) is 2.05. The van der Waals surface area contributed by atoms with E-state index in [-0.39, 0.29) is 0 Å². The molecule has 4 nitrogen and oxygen atoms in total. The van der Waals surface area contributed by atoms with E-state index in [4.69, 9.17) is 11.5 Å². The van der Waals surface area contributed by atoms with Gasteiger partial charge in [-0.05, 0) is 23.3 Å². The summed E-state index contributed by atoms with van der Waals surface area (Å²) < 4.78 is 0. The highest BCUT2D eigenvalue weighted by atomic mass is 16.1. The maximum atomic E-state index is 11.3. The molecule has 0 aliphatic heterocycles. The quantitative estimate of drug-likeness (QED) is 0.830. The first-order valence-electron chi connectivity index (χ1n) is 6.05. The summed E-state index contributed by atoms with van der Waals surface area (Å²) >= 11 is 0. The molecule has 0 saturated carbocycles. The fourth-order valence-corrected chi connectivity index (χ4v) is 1.91. The van der Waals surface area contributed by atoms with Gasteiger partial charge in [0.25, 0.3) is 0 Å². The molecule has 4 heteroatoms. The zero-order valence-electron chi connectivity index (χ0n) is 10.7. The van der Waals surface area contributed by atoms with E-state index in [0.717, 1.165) is 0 Å². The Morgan fingerprint density at radius 3 is 1.40 bits per heavy atom. The average molecular weight is 266 g/mol. The van der Waals surface area contributed by atoms with Gasteiger partial charge in [-0.2, -0.15) is 0 Å². The molecule has 0 spiro atoms. The van der Waals surface area contributed by atoms with Gasteiger partial charge in [0.15, 0.2) is 0 Å². The van der Waals surface area contributed by atoms with Crippen LogP contribution >= 0.6 is 0 Å². The molecule has 0 heterocycles. The van der Waals surface area contributed by atoms with Gasteiger partial charge in [-0.15, -0.1) is 0 Å². The van der Waals surface area contributed by atoms with Gasteiger partial charge in [0, 0.05) is 11.1 Å². The van der Waals surface area contributed by atoms with Crippen molar-refractivity contribution >= 4 is 24.0 Å². The highest BCUT2D eigenvalue weighted by molar-refractivity contribution is 5.99. The third kappa shape index (κ3) is 2.92. The number of hydrogen-bond acceptors (Lipinski definition) is 2. The number of carbonyl (C=O) groups excluding carboxylic acids is 2.